The lowest BCUT2D eigenvalue weighted by atomic mass is 10.1. The van der Waals surface area contributed by atoms with E-state index < -0.39 is 0 Å². The van der Waals surface area contributed by atoms with Gasteiger partial charge in [0.05, 0.1) is 10.8 Å². The molecule has 5 nitrogen and oxygen atoms in total. The Hall–Kier alpha value is -0.590. The lowest BCUT2D eigenvalue weighted by Crippen LogP contribution is -2.30. The van der Waals surface area contributed by atoms with Crippen LogP contribution in [0.3, 0.4) is 0 Å². The van der Waals surface area contributed by atoms with Crippen molar-refractivity contribution in [3.63, 3.8) is 0 Å². The zero-order valence-electron chi connectivity index (χ0n) is 11.5. The summed E-state index contributed by atoms with van der Waals surface area (Å²) in [7, 11) is 0. The lowest BCUT2D eigenvalue weighted by Gasteiger charge is -2.18. The van der Waals surface area contributed by atoms with Gasteiger partial charge in [0.15, 0.2) is 5.82 Å². The molecule has 0 saturated carbocycles. The molecule has 0 radical (unpaired) electrons. The molecule has 2 N–H and O–H groups in total. The fraction of sp³-hybridized carbons (Fsp3) is 0.846. The lowest BCUT2D eigenvalue weighted by molar-refractivity contribution is 0.302. The van der Waals surface area contributed by atoms with Gasteiger partial charge in [0.2, 0.25) is 5.89 Å². The van der Waals surface area contributed by atoms with Crippen LogP contribution < -0.4 is 5.73 Å². The van der Waals surface area contributed by atoms with E-state index in [0.717, 1.165) is 31.9 Å². The number of likely N-dealkylation sites (tertiary alicyclic amines) is 1. The third-order valence-electron chi connectivity index (χ3n) is 4.10. The Bertz CT molecular complexity index is 424. The molecule has 2 aliphatic rings. The van der Waals surface area contributed by atoms with Gasteiger partial charge in [0.1, 0.15) is 0 Å². The molecular formula is C13H22N4OS. The maximum absolute atomic E-state index is 6.20. The van der Waals surface area contributed by atoms with E-state index in [1.807, 2.05) is 11.8 Å². The highest BCUT2D eigenvalue weighted by atomic mass is 32.2. The topological polar surface area (TPSA) is 68.2 Å². The van der Waals surface area contributed by atoms with Crippen molar-refractivity contribution < 1.29 is 4.52 Å². The molecule has 0 aromatic carbocycles. The number of hydrogen-bond donors (Lipinski definition) is 1. The number of aromatic nitrogens is 2. The van der Waals surface area contributed by atoms with E-state index in [0.29, 0.717) is 5.82 Å². The molecule has 3 heterocycles. The van der Waals surface area contributed by atoms with E-state index in [1.165, 1.54) is 25.0 Å². The van der Waals surface area contributed by atoms with Crippen LogP contribution in [0.15, 0.2) is 4.52 Å². The first-order valence-electron chi connectivity index (χ1n) is 7.13. The molecule has 1 aromatic heterocycles. The first-order chi connectivity index (χ1) is 9.17. The maximum atomic E-state index is 6.20. The molecular weight excluding hydrogens is 260 g/mol. The summed E-state index contributed by atoms with van der Waals surface area (Å²) in [6.07, 6.45) is 4.89. The number of nitrogens with two attached hydrogens (primary N) is 1. The first-order valence-corrected chi connectivity index (χ1v) is 8.12. The Balaban J connectivity index is 1.66. The second-order valence-electron chi connectivity index (χ2n) is 5.75. The molecule has 0 aliphatic carbocycles. The van der Waals surface area contributed by atoms with Crippen molar-refractivity contribution in [1.29, 1.82) is 0 Å². The molecule has 6 heteroatoms. The molecule has 0 amide bonds. The predicted molar refractivity (Wildman–Crippen MR) is 75.9 cm³/mol. The standard InChI is InChI=1S/C13H22N4OS/c1-13(5-4-8-19-13)12-15-11(16-18-12)10(14)9-17-6-2-3-7-17/h10H,2-9,14H2,1H3. The van der Waals surface area contributed by atoms with Gasteiger partial charge in [-0.25, -0.2) is 0 Å². The average molecular weight is 282 g/mol. The summed E-state index contributed by atoms with van der Waals surface area (Å²) in [5, 5.41) is 4.10. The second kappa shape index (κ2) is 5.42. The van der Waals surface area contributed by atoms with Crippen LogP contribution in [0.2, 0.25) is 0 Å². The van der Waals surface area contributed by atoms with Gasteiger partial charge in [-0.05, 0) is 51.4 Å². The Morgan fingerprint density at radius 2 is 2.21 bits per heavy atom. The number of hydrogen-bond acceptors (Lipinski definition) is 6. The Kier molecular flexibility index (Phi) is 3.82. The predicted octanol–water partition coefficient (Wildman–Crippen LogP) is 1.91. The molecule has 106 valence electrons. The molecule has 0 bridgehead atoms. The summed E-state index contributed by atoms with van der Waals surface area (Å²) >= 11 is 1.91. The van der Waals surface area contributed by atoms with E-state index in [-0.39, 0.29) is 10.8 Å². The third-order valence-corrected chi connectivity index (χ3v) is 5.61. The van der Waals surface area contributed by atoms with E-state index in [1.54, 1.807) is 0 Å². The number of rotatable bonds is 4. The summed E-state index contributed by atoms with van der Waals surface area (Å²) in [5.74, 6) is 2.59. The second-order valence-corrected chi connectivity index (χ2v) is 7.35. The van der Waals surface area contributed by atoms with Crippen LogP contribution in [0.25, 0.3) is 0 Å². The van der Waals surface area contributed by atoms with Gasteiger partial charge in [-0.3, -0.25) is 0 Å². The molecule has 1 aromatic rings. The highest BCUT2D eigenvalue weighted by Gasteiger charge is 2.37. The van der Waals surface area contributed by atoms with Crippen molar-refractivity contribution >= 4 is 11.8 Å². The van der Waals surface area contributed by atoms with Gasteiger partial charge in [-0.15, -0.1) is 11.8 Å². The normalized spacial score (nSPS) is 30.0. The van der Waals surface area contributed by atoms with Crippen molar-refractivity contribution in [1.82, 2.24) is 15.0 Å². The SMILES string of the molecule is CC1(c2nc(C(N)CN3CCCC3)no2)CCCS1. The molecule has 2 aliphatic heterocycles. The minimum atomic E-state index is -0.134. The third kappa shape index (κ3) is 2.80. The van der Waals surface area contributed by atoms with Crippen LogP contribution in [0.4, 0.5) is 0 Å². The van der Waals surface area contributed by atoms with Crippen LogP contribution in [-0.4, -0.2) is 40.4 Å². The van der Waals surface area contributed by atoms with Crippen LogP contribution in [0.5, 0.6) is 0 Å². The quantitative estimate of drug-likeness (QED) is 0.910. The van der Waals surface area contributed by atoms with Gasteiger partial charge >= 0.3 is 0 Å². The largest absolute Gasteiger partial charge is 0.338 e. The fourth-order valence-electron chi connectivity index (χ4n) is 2.87. The van der Waals surface area contributed by atoms with Crippen LogP contribution in [-0.2, 0) is 4.75 Å². The highest BCUT2D eigenvalue weighted by Crippen LogP contribution is 2.45. The van der Waals surface area contributed by atoms with Gasteiger partial charge in [-0.2, -0.15) is 4.98 Å². The average Bonchev–Trinajstić information content (AvgIpc) is 3.08. The summed E-state index contributed by atoms with van der Waals surface area (Å²) in [6, 6.07) is -0.134. The van der Waals surface area contributed by atoms with E-state index >= 15 is 0 Å². The van der Waals surface area contributed by atoms with Crippen molar-refractivity contribution in [2.24, 2.45) is 5.73 Å². The van der Waals surface area contributed by atoms with Crippen LogP contribution >= 0.6 is 11.8 Å². The molecule has 19 heavy (non-hydrogen) atoms. The summed E-state index contributed by atoms with van der Waals surface area (Å²) in [4.78, 5) is 6.94. The Morgan fingerprint density at radius 3 is 2.89 bits per heavy atom. The first kappa shape index (κ1) is 13.4. The van der Waals surface area contributed by atoms with Crippen LogP contribution in [0, 0.1) is 0 Å². The fourth-order valence-corrected chi connectivity index (χ4v) is 4.11. The highest BCUT2D eigenvalue weighted by molar-refractivity contribution is 8.00. The van der Waals surface area contributed by atoms with Crippen molar-refractivity contribution in [2.75, 3.05) is 25.4 Å². The smallest absolute Gasteiger partial charge is 0.242 e. The minimum Gasteiger partial charge on any atom is -0.338 e. The van der Waals surface area contributed by atoms with E-state index in [2.05, 4.69) is 22.0 Å². The van der Waals surface area contributed by atoms with Crippen molar-refractivity contribution in [3.05, 3.63) is 11.7 Å². The molecule has 2 unspecified atom stereocenters. The van der Waals surface area contributed by atoms with Crippen molar-refractivity contribution in [3.8, 4) is 0 Å². The zero-order chi connectivity index (χ0) is 13.3. The van der Waals surface area contributed by atoms with Gasteiger partial charge in [0, 0.05) is 6.54 Å². The summed E-state index contributed by atoms with van der Waals surface area (Å²) < 4.78 is 5.46. The maximum Gasteiger partial charge on any atom is 0.242 e. The molecule has 0 spiro atoms. The molecule has 2 fully saturated rings. The summed E-state index contributed by atoms with van der Waals surface area (Å²) in [5.41, 5.74) is 6.20. The van der Waals surface area contributed by atoms with Gasteiger partial charge in [-0.1, -0.05) is 5.16 Å². The molecule has 2 atom stereocenters. The van der Waals surface area contributed by atoms with Gasteiger partial charge < -0.3 is 15.2 Å². The Labute approximate surface area is 118 Å². The van der Waals surface area contributed by atoms with E-state index in [9.17, 15) is 0 Å². The monoisotopic (exact) mass is 282 g/mol. The number of thioether (sulfide) groups is 1. The zero-order valence-corrected chi connectivity index (χ0v) is 12.3. The molecule has 3 rings (SSSR count). The summed E-state index contributed by atoms with van der Waals surface area (Å²) in [6.45, 7) is 5.31. The van der Waals surface area contributed by atoms with Crippen molar-refractivity contribution in [2.45, 2.75) is 43.4 Å². The van der Waals surface area contributed by atoms with E-state index in [4.69, 9.17) is 10.3 Å². The van der Waals surface area contributed by atoms with Crippen LogP contribution in [0.1, 0.15) is 50.4 Å². The minimum absolute atomic E-state index is 0.00137. The molecule has 2 saturated heterocycles. The van der Waals surface area contributed by atoms with Gasteiger partial charge in [0.25, 0.3) is 0 Å². The Morgan fingerprint density at radius 1 is 1.42 bits per heavy atom. The number of nitrogens with zero attached hydrogens (tertiary/aromatic N) is 3.